The zero-order valence-corrected chi connectivity index (χ0v) is 11.2. The summed E-state index contributed by atoms with van der Waals surface area (Å²) in [5.41, 5.74) is 1.62. The molecule has 6 heteroatoms. The van der Waals surface area contributed by atoms with Crippen LogP contribution in [0.25, 0.3) is 0 Å². The van der Waals surface area contributed by atoms with Crippen LogP contribution >= 0.6 is 11.6 Å². The van der Waals surface area contributed by atoms with E-state index in [2.05, 4.69) is 10.1 Å². The molecule has 0 amide bonds. The van der Waals surface area contributed by atoms with E-state index in [1.807, 2.05) is 18.5 Å². The molecule has 0 aliphatic carbocycles. The van der Waals surface area contributed by atoms with E-state index in [4.69, 9.17) is 11.6 Å². The van der Waals surface area contributed by atoms with E-state index in [9.17, 15) is 4.79 Å². The lowest BCUT2D eigenvalue weighted by atomic mass is 10.3. The summed E-state index contributed by atoms with van der Waals surface area (Å²) >= 11 is 6.29. The largest absolute Gasteiger partial charge is 0.293 e. The Labute approximate surface area is 110 Å². The summed E-state index contributed by atoms with van der Waals surface area (Å²) in [4.78, 5) is 15.6. The van der Waals surface area contributed by atoms with Crippen LogP contribution < -0.4 is 5.56 Å². The molecule has 2 heterocycles. The molecule has 2 aromatic rings. The fourth-order valence-corrected chi connectivity index (χ4v) is 2.16. The molecule has 2 rings (SSSR count). The second kappa shape index (κ2) is 5.35. The average molecular weight is 267 g/mol. The van der Waals surface area contributed by atoms with Crippen molar-refractivity contribution >= 4 is 11.6 Å². The molecule has 0 unspecified atom stereocenters. The van der Waals surface area contributed by atoms with E-state index in [0.29, 0.717) is 11.6 Å². The van der Waals surface area contributed by atoms with Gasteiger partial charge in [0.05, 0.1) is 29.3 Å². The number of nitrogens with zero attached hydrogens (tertiary/aromatic N) is 4. The van der Waals surface area contributed by atoms with Gasteiger partial charge in [-0.1, -0.05) is 18.5 Å². The van der Waals surface area contributed by atoms with Crippen LogP contribution in [0.2, 0.25) is 5.02 Å². The van der Waals surface area contributed by atoms with Gasteiger partial charge in [0.25, 0.3) is 5.56 Å². The van der Waals surface area contributed by atoms with Gasteiger partial charge in [0.2, 0.25) is 0 Å². The summed E-state index contributed by atoms with van der Waals surface area (Å²) in [6, 6.07) is 1.43. The Morgan fingerprint density at radius 3 is 2.78 bits per heavy atom. The number of aromatic nitrogens is 4. The minimum Gasteiger partial charge on any atom is -0.293 e. The van der Waals surface area contributed by atoms with Crippen LogP contribution in [0.3, 0.4) is 0 Å². The van der Waals surface area contributed by atoms with Gasteiger partial charge in [-0.3, -0.25) is 14.0 Å². The SMILES string of the molecule is CCc1nn(CC)c(Cn2cnccc2=O)c1Cl. The van der Waals surface area contributed by atoms with E-state index in [0.717, 1.165) is 24.4 Å². The van der Waals surface area contributed by atoms with Crippen molar-refractivity contribution in [2.24, 2.45) is 0 Å². The summed E-state index contributed by atoms with van der Waals surface area (Å²) in [6.45, 7) is 5.13. The predicted molar refractivity (Wildman–Crippen MR) is 69.9 cm³/mol. The monoisotopic (exact) mass is 266 g/mol. The minimum absolute atomic E-state index is 0.0945. The van der Waals surface area contributed by atoms with Gasteiger partial charge in [0, 0.05) is 18.8 Å². The van der Waals surface area contributed by atoms with E-state index in [1.54, 1.807) is 0 Å². The third-order valence-corrected chi connectivity index (χ3v) is 3.24. The molecule has 2 aromatic heterocycles. The molecular formula is C12H15ClN4O. The normalized spacial score (nSPS) is 10.8. The first-order valence-corrected chi connectivity index (χ1v) is 6.29. The van der Waals surface area contributed by atoms with Gasteiger partial charge in [-0.2, -0.15) is 5.10 Å². The molecule has 0 aliphatic heterocycles. The lowest BCUT2D eigenvalue weighted by molar-refractivity contribution is 0.586. The molecule has 0 aliphatic rings. The molecule has 0 spiro atoms. The Balaban J connectivity index is 2.43. The Morgan fingerprint density at radius 2 is 2.17 bits per heavy atom. The maximum Gasteiger partial charge on any atom is 0.253 e. The van der Waals surface area contributed by atoms with Crippen LogP contribution in [0.5, 0.6) is 0 Å². The van der Waals surface area contributed by atoms with Gasteiger partial charge in [-0.05, 0) is 13.3 Å². The average Bonchev–Trinajstić information content (AvgIpc) is 2.69. The molecule has 0 radical (unpaired) electrons. The molecule has 0 saturated heterocycles. The Kier molecular flexibility index (Phi) is 3.81. The molecular weight excluding hydrogens is 252 g/mol. The number of aryl methyl sites for hydroxylation is 2. The van der Waals surface area contributed by atoms with Crippen LogP contribution in [0, 0.1) is 0 Å². The predicted octanol–water partition coefficient (Wildman–Crippen LogP) is 1.72. The van der Waals surface area contributed by atoms with Crippen molar-refractivity contribution in [3.05, 3.63) is 45.4 Å². The van der Waals surface area contributed by atoms with E-state index < -0.39 is 0 Å². The van der Waals surface area contributed by atoms with Gasteiger partial charge in [0.15, 0.2) is 0 Å². The van der Waals surface area contributed by atoms with E-state index in [1.165, 1.54) is 23.2 Å². The fourth-order valence-electron chi connectivity index (χ4n) is 1.83. The summed E-state index contributed by atoms with van der Waals surface area (Å²) in [7, 11) is 0. The molecule has 0 atom stereocenters. The smallest absolute Gasteiger partial charge is 0.253 e. The lowest BCUT2D eigenvalue weighted by Gasteiger charge is -2.07. The maximum atomic E-state index is 11.7. The molecule has 0 N–H and O–H groups in total. The van der Waals surface area contributed by atoms with Crippen molar-refractivity contribution in [2.75, 3.05) is 0 Å². The summed E-state index contributed by atoms with van der Waals surface area (Å²) in [5, 5.41) is 5.07. The second-order valence-corrected chi connectivity index (χ2v) is 4.30. The van der Waals surface area contributed by atoms with Crippen LogP contribution in [0.4, 0.5) is 0 Å². The van der Waals surface area contributed by atoms with Crippen molar-refractivity contribution in [1.29, 1.82) is 0 Å². The molecule has 96 valence electrons. The van der Waals surface area contributed by atoms with Crippen LogP contribution in [-0.4, -0.2) is 19.3 Å². The van der Waals surface area contributed by atoms with Crippen molar-refractivity contribution in [3.8, 4) is 0 Å². The fraction of sp³-hybridized carbons (Fsp3) is 0.417. The minimum atomic E-state index is -0.0945. The summed E-state index contributed by atoms with van der Waals surface area (Å²) in [5.74, 6) is 0. The molecule has 0 bridgehead atoms. The molecule has 0 saturated carbocycles. The highest BCUT2D eigenvalue weighted by molar-refractivity contribution is 6.31. The number of rotatable bonds is 4. The van der Waals surface area contributed by atoms with Crippen molar-refractivity contribution < 1.29 is 0 Å². The standard InChI is InChI=1S/C12H15ClN4O/c1-3-9-12(13)10(17(4-2)15-9)7-16-8-14-6-5-11(16)18/h5-6,8H,3-4,7H2,1-2H3. The Hall–Kier alpha value is -1.62. The van der Waals surface area contributed by atoms with Gasteiger partial charge >= 0.3 is 0 Å². The molecule has 0 aromatic carbocycles. The highest BCUT2D eigenvalue weighted by Crippen LogP contribution is 2.22. The quantitative estimate of drug-likeness (QED) is 0.847. The zero-order valence-electron chi connectivity index (χ0n) is 10.4. The van der Waals surface area contributed by atoms with Gasteiger partial charge in [-0.25, -0.2) is 4.98 Å². The second-order valence-electron chi connectivity index (χ2n) is 3.92. The topological polar surface area (TPSA) is 52.7 Å². The van der Waals surface area contributed by atoms with Crippen molar-refractivity contribution in [1.82, 2.24) is 19.3 Å². The van der Waals surface area contributed by atoms with E-state index in [-0.39, 0.29) is 5.56 Å². The van der Waals surface area contributed by atoms with Gasteiger partial charge < -0.3 is 0 Å². The zero-order chi connectivity index (χ0) is 13.1. The molecule has 0 fully saturated rings. The number of halogens is 1. The highest BCUT2D eigenvalue weighted by atomic mass is 35.5. The third-order valence-electron chi connectivity index (χ3n) is 2.81. The van der Waals surface area contributed by atoms with Crippen molar-refractivity contribution in [3.63, 3.8) is 0 Å². The number of hydrogen-bond acceptors (Lipinski definition) is 3. The first kappa shape index (κ1) is 12.8. The maximum absolute atomic E-state index is 11.7. The summed E-state index contributed by atoms with van der Waals surface area (Å²) in [6.07, 6.45) is 3.77. The third kappa shape index (κ3) is 2.31. The van der Waals surface area contributed by atoms with Crippen LogP contribution in [0.1, 0.15) is 25.2 Å². The van der Waals surface area contributed by atoms with Crippen LogP contribution in [-0.2, 0) is 19.5 Å². The first-order valence-electron chi connectivity index (χ1n) is 5.91. The molecule has 18 heavy (non-hydrogen) atoms. The molecule has 5 nitrogen and oxygen atoms in total. The van der Waals surface area contributed by atoms with Gasteiger partial charge in [0.1, 0.15) is 0 Å². The Bertz CT molecular complexity index is 602. The van der Waals surface area contributed by atoms with Gasteiger partial charge in [-0.15, -0.1) is 0 Å². The van der Waals surface area contributed by atoms with Crippen molar-refractivity contribution in [2.45, 2.75) is 33.4 Å². The number of hydrogen-bond donors (Lipinski definition) is 0. The summed E-state index contributed by atoms with van der Waals surface area (Å²) < 4.78 is 3.36. The Morgan fingerprint density at radius 1 is 1.39 bits per heavy atom. The van der Waals surface area contributed by atoms with Crippen LogP contribution in [0.15, 0.2) is 23.4 Å². The highest BCUT2D eigenvalue weighted by Gasteiger charge is 2.14. The first-order chi connectivity index (χ1) is 8.67. The van der Waals surface area contributed by atoms with E-state index >= 15 is 0 Å². The lowest BCUT2D eigenvalue weighted by Crippen LogP contribution is -2.21.